The predicted molar refractivity (Wildman–Crippen MR) is 96.0 cm³/mol. The maximum atomic E-state index is 11.9. The lowest BCUT2D eigenvalue weighted by Gasteiger charge is -2.14. The van der Waals surface area contributed by atoms with Crippen LogP contribution in [0.15, 0.2) is 40.1 Å². The van der Waals surface area contributed by atoms with Crippen LogP contribution in [0.4, 0.5) is 0 Å². The molecule has 0 aliphatic carbocycles. The van der Waals surface area contributed by atoms with Crippen LogP contribution in [0.1, 0.15) is 44.6 Å². The standard InChI is InChI=1S/C17H22O6S2/c1-2-3-4-5-6-10-14-12-13-9-7-8-11-15(13)17(25(21,22)23)16(14)24(18,19)20/h7-9,11-12H,2-6,10H2,1H3,(H,18,19,20)(H,21,22,23). The van der Waals surface area contributed by atoms with E-state index in [-0.39, 0.29) is 10.9 Å². The summed E-state index contributed by atoms with van der Waals surface area (Å²) < 4.78 is 66.7. The average molecular weight is 386 g/mol. The summed E-state index contributed by atoms with van der Waals surface area (Å²) in [6.07, 6.45) is 4.96. The molecule has 8 heteroatoms. The van der Waals surface area contributed by atoms with Gasteiger partial charge in [0.2, 0.25) is 0 Å². The second kappa shape index (κ2) is 7.82. The van der Waals surface area contributed by atoms with Crippen molar-refractivity contribution >= 4 is 31.0 Å². The molecular weight excluding hydrogens is 364 g/mol. The van der Waals surface area contributed by atoms with Crippen LogP contribution in [0, 0.1) is 0 Å². The maximum Gasteiger partial charge on any atom is 0.296 e. The molecule has 0 saturated heterocycles. The van der Waals surface area contributed by atoms with Gasteiger partial charge in [0.05, 0.1) is 0 Å². The summed E-state index contributed by atoms with van der Waals surface area (Å²) in [4.78, 5) is -1.47. The first-order valence-corrected chi connectivity index (χ1v) is 11.0. The Balaban J connectivity index is 2.64. The van der Waals surface area contributed by atoms with E-state index in [1.807, 2.05) is 0 Å². The van der Waals surface area contributed by atoms with Gasteiger partial charge in [-0.1, -0.05) is 56.9 Å². The Labute approximate surface area is 148 Å². The minimum absolute atomic E-state index is 0.0624. The van der Waals surface area contributed by atoms with Crippen LogP contribution >= 0.6 is 0 Å². The molecule has 2 N–H and O–H groups in total. The zero-order chi connectivity index (χ0) is 18.7. The van der Waals surface area contributed by atoms with Crippen molar-refractivity contribution < 1.29 is 25.9 Å². The largest absolute Gasteiger partial charge is 0.296 e. The molecule has 0 saturated carbocycles. The van der Waals surface area contributed by atoms with Crippen molar-refractivity contribution in [3.63, 3.8) is 0 Å². The van der Waals surface area contributed by atoms with E-state index in [4.69, 9.17) is 0 Å². The molecule has 25 heavy (non-hydrogen) atoms. The fourth-order valence-corrected chi connectivity index (χ4v) is 5.29. The second-order valence-electron chi connectivity index (χ2n) is 6.03. The maximum absolute atomic E-state index is 11.9. The Bertz CT molecular complexity index is 962. The molecule has 2 rings (SSSR count). The van der Waals surface area contributed by atoms with Crippen LogP contribution in [0.5, 0.6) is 0 Å². The summed E-state index contributed by atoms with van der Waals surface area (Å²) in [5.41, 5.74) is 0.199. The number of benzene rings is 2. The van der Waals surface area contributed by atoms with Gasteiger partial charge in [0.1, 0.15) is 9.79 Å². The number of unbranched alkanes of at least 4 members (excludes halogenated alkanes) is 4. The zero-order valence-corrected chi connectivity index (χ0v) is 15.6. The van der Waals surface area contributed by atoms with Gasteiger partial charge in [-0.3, -0.25) is 9.11 Å². The molecule has 0 atom stereocenters. The molecule has 0 bridgehead atoms. The number of hydrogen-bond donors (Lipinski definition) is 2. The average Bonchev–Trinajstić information content (AvgIpc) is 2.51. The van der Waals surface area contributed by atoms with E-state index in [0.29, 0.717) is 18.2 Å². The number of rotatable bonds is 8. The van der Waals surface area contributed by atoms with Crippen molar-refractivity contribution in [2.45, 2.75) is 55.2 Å². The van der Waals surface area contributed by atoms with Gasteiger partial charge in [0, 0.05) is 5.39 Å². The van der Waals surface area contributed by atoms with Gasteiger partial charge in [0.25, 0.3) is 20.2 Å². The molecule has 0 radical (unpaired) electrons. The Morgan fingerprint density at radius 2 is 1.44 bits per heavy atom. The quantitative estimate of drug-likeness (QED) is 0.527. The van der Waals surface area contributed by atoms with Crippen molar-refractivity contribution in [1.29, 1.82) is 0 Å². The highest BCUT2D eigenvalue weighted by Crippen LogP contribution is 2.34. The minimum Gasteiger partial charge on any atom is -0.282 e. The highest BCUT2D eigenvalue weighted by Gasteiger charge is 2.29. The van der Waals surface area contributed by atoms with Gasteiger partial charge in [-0.25, -0.2) is 0 Å². The Kier molecular flexibility index (Phi) is 6.21. The van der Waals surface area contributed by atoms with Crippen molar-refractivity contribution in [3.05, 3.63) is 35.9 Å². The first-order valence-electron chi connectivity index (χ1n) is 8.16. The van der Waals surface area contributed by atoms with Crippen molar-refractivity contribution in [3.8, 4) is 0 Å². The van der Waals surface area contributed by atoms with Gasteiger partial charge in [-0.05, 0) is 29.9 Å². The summed E-state index contributed by atoms with van der Waals surface area (Å²) >= 11 is 0. The van der Waals surface area contributed by atoms with Crippen molar-refractivity contribution in [2.24, 2.45) is 0 Å². The first kappa shape index (κ1) is 19.8. The van der Waals surface area contributed by atoms with Crippen LogP contribution in [-0.4, -0.2) is 25.9 Å². The van der Waals surface area contributed by atoms with E-state index in [1.165, 1.54) is 12.1 Å². The van der Waals surface area contributed by atoms with Crippen LogP contribution in [0.2, 0.25) is 0 Å². The van der Waals surface area contributed by atoms with Crippen LogP contribution < -0.4 is 0 Å². The van der Waals surface area contributed by atoms with Gasteiger partial charge in [-0.2, -0.15) is 16.8 Å². The first-order chi connectivity index (χ1) is 11.7. The smallest absolute Gasteiger partial charge is 0.282 e. The Hall–Kier alpha value is -1.48. The third-order valence-electron chi connectivity index (χ3n) is 4.10. The number of hydrogen-bond acceptors (Lipinski definition) is 4. The van der Waals surface area contributed by atoms with Crippen LogP contribution in [-0.2, 0) is 26.7 Å². The molecule has 0 aliphatic heterocycles. The summed E-state index contributed by atoms with van der Waals surface area (Å²) in [5, 5.41) is 0.554. The molecule has 2 aromatic carbocycles. The molecule has 0 unspecified atom stereocenters. The van der Waals surface area contributed by atoms with E-state index in [1.54, 1.807) is 18.2 Å². The number of aryl methyl sites for hydroxylation is 1. The van der Waals surface area contributed by atoms with Gasteiger partial charge in [0.15, 0.2) is 0 Å². The lowest BCUT2D eigenvalue weighted by Crippen LogP contribution is -2.12. The van der Waals surface area contributed by atoms with Crippen LogP contribution in [0.3, 0.4) is 0 Å². The van der Waals surface area contributed by atoms with Crippen LogP contribution in [0.25, 0.3) is 10.8 Å². The molecule has 138 valence electrons. The molecule has 0 amide bonds. The topological polar surface area (TPSA) is 109 Å². The molecule has 0 aromatic heterocycles. The van der Waals surface area contributed by atoms with Crippen molar-refractivity contribution in [2.75, 3.05) is 0 Å². The highest BCUT2D eigenvalue weighted by atomic mass is 32.2. The monoisotopic (exact) mass is 386 g/mol. The predicted octanol–water partition coefficient (Wildman–Crippen LogP) is 3.85. The fraction of sp³-hybridized carbons (Fsp3) is 0.412. The van der Waals surface area contributed by atoms with Gasteiger partial charge < -0.3 is 0 Å². The highest BCUT2D eigenvalue weighted by molar-refractivity contribution is 7.89. The molecule has 0 spiro atoms. The number of fused-ring (bicyclic) bond motifs is 1. The van der Waals surface area contributed by atoms with Gasteiger partial charge >= 0.3 is 0 Å². The SMILES string of the molecule is CCCCCCCc1cc2ccccc2c(S(=O)(=O)O)c1S(=O)(=O)O. The summed E-state index contributed by atoms with van der Waals surface area (Å²) in [6.45, 7) is 2.08. The molecule has 0 fully saturated rings. The third kappa shape index (κ3) is 4.78. The minimum atomic E-state index is -4.84. The Morgan fingerprint density at radius 3 is 2.04 bits per heavy atom. The van der Waals surface area contributed by atoms with E-state index in [0.717, 1.165) is 25.7 Å². The van der Waals surface area contributed by atoms with E-state index >= 15 is 0 Å². The molecule has 6 nitrogen and oxygen atoms in total. The Morgan fingerprint density at radius 1 is 0.840 bits per heavy atom. The lowest BCUT2D eigenvalue weighted by molar-refractivity contribution is 0.466. The lowest BCUT2D eigenvalue weighted by atomic mass is 10.0. The fourth-order valence-electron chi connectivity index (χ4n) is 2.99. The molecule has 0 aliphatic rings. The molecule has 2 aromatic rings. The summed E-state index contributed by atoms with van der Waals surface area (Å²) in [5.74, 6) is 0. The normalized spacial score (nSPS) is 12.6. The van der Waals surface area contributed by atoms with E-state index < -0.39 is 30.0 Å². The third-order valence-corrected chi connectivity index (χ3v) is 6.15. The van der Waals surface area contributed by atoms with Crippen molar-refractivity contribution in [1.82, 2.24) is 0 Å². The molecular formula is C17H22O6S2. The second-order valence-corrected chi connectivity index (χ2v) is 8.75. The molecule has 0 heterocycles. The zero-order valence-electron chi connectivity index (χ0n) is 14.0. The van der Waals surface area contributed by atoms with E-state index in [2.05, 4.69) is 6.92 Å². The summed E-state index contributed by atoms with van der Waals surface area (Å²) in [7, 11) is -9.67. The van der Waals surface area contributed by atoms with Gasteiger partial charge in [-0.15, -0.1) is 0 Å². The van der Waals surface area contributed by atoms with E-state index in [9.17, 15) is 25.9 Å². The summed E-state index contributed by atoms with van der Waals surface area (Å²) in [6, 6.07) is 7.83.